The Morgan fingerprint density at radius 1 is 1.35 bits per heavy atom. The lowest BCUT2D eigenvalue weighted by molar-refractivity contribution is 0.0697. The Kier molecular flexibility index (Phi) is 6.02. The molecule has 0 aliphatic carbocycles. The number of carbonyl (C=O) groups is 1. The van der Waals surface area contributed by atoms with Crippen molar-refractivity contribution >= 4 is 11.7 Å². The van der Waals surface area contributed by atoms with Crippen molar-refractivity contribution in [2.24, 2.45) is 5.92 Å². The van der Waals surface area contributed by atoms with Crippen molar-refractivity contribution in [3.05, 3.63) is 29.3 Å². The summed E-state index contributed by atoms with van der Waals surface area (Å²) in [6.07, 6.45) is 1.08. The zero-order valence-electron chi connectivity index (χ0n) is 13.1. The molecule has 1 atom stereocenters. The van der Waals surface area contributed by atoms with Crippen molar-refractivity contribution in [2.45, 2.75) is 33.2 Å². The van der Waals surface area contributed by atoms with E-state index in [1.54, 1.807) is 12.1 Å². The molecule has 0 fully saturated rings. The van der Waals surface area contributed by atoms with Gasteiger partial charge < -0.3 is 15.3 Å². The second kappa shape index (κ2) is 7.29. The fourth-order valence-corrected chi connectivity index (χ4v) is 2.37. The van der Waals surface area contributed by atoms with Crippen LogP contribution in [-0.4, -0.2) is 42.7 Å². The highest BCUT2D eigenvalue weighted by Gasteiger charge is 2.14. The first-order valence-corrected chi connectivity index (χ1v) is 7.04. The van der Waals surface area contributed by atoms with Gasteiger partial charge in [-0.15, -0.1) is 0 Å². The van der Waals surface area contributed by atoms with Gasteiger partial charge in [0.25, 0.3) is 0 Å². The number of carboxylic acid groups (broad SMARTS) is 1. The summed E-state index contributed by atoms with van der Waals surface area (Å²) >= 11 is 0. The molecule has 0 saturated heterocycles. The summed E-state index contributed by atoms with van der Waals surface area (Å²) in [5.41, 5.74) is 2.32. The van der Waals surface area contributed by atoms with Gasteiger partial charge >= 0.3 is 5.97 Å². The number of hydrogen-bond acceptors (Lipinski definition) is 3. The maximum absolute atomic E-state index is 11.0. The summed E-state index contributed by atoms with van der Waals surface area (Å²) in [5, 5.41) is 12.5. The van der Waals surface area contributed by atoms with Gasteiger partial charge in [-0.3, -0.25) is 0 Å². The van der Waals surface area contributed by atoms with Crippen molar-refractivity contribution in [3.63, 3.8) is 0 Å². The average Bonchev–Trinajstić information content (AvgIpc) is 2.29. The minimum atomic E-state index is -0.883. The number of rotatable bonds is 7. The van der Waals surface area contributed by atoms with Crippen molar-refractivity contribution < 1.29 is 9.90 Å². The number of carboxylic acids is 1. The van der Waals surface area contributed by atoms with E-state index >= 15 is 0 Å². The average molecular weight is 278 g/mol. The van der Waals surface area contributed by atoms with Crippen LogP contribution in [0.25, 0.3) is 0 Å². The zero-order valence-corrected chi connectivity index (χ0v) is 13.1. The maximum atomic E-state index is 11.0. The molecule has 4 heteroatoms. The maximum Gasteiger partial charge on any atom is 0.335 e. The Morgan fingerprint density at radius 2 is 2.00 bits per heavy atom. The number of aryl methyl sites for hydroxylation is 1. The van der Waals surface area contributed by atoms with Crippen LogP contribution in [0.4, 0.5) is 5.69 Å². The lowest BCUT2D eigenvalue weighted by Crippen LogP contribution is -2.33. The highest BCUT2D eigenvalue weighted by Crippen LogP contribution is 2.19. The number of hydrogen-bond donors (Lipinski definition) is 2. The smallest absolute Gasteiger partial charge is 0.335 e. The SMILES string of the molecule is Cc1cc(C(=O)O)ccc1NC(CC(C)C)CN(C)C. The summed E-state index contributed by atoms with van der Waals surface area (Å²) in [6, 6.07) is 5.59. The fraction of sp³-hybridized carbons (Fsp3) is 0.562. The molecular formula is C16H26N2O2. The second-order valence-electron chi connectivity index (χ2n) is 6.07. The Bertz CT molecular complexity index is 446. The molecule has 0 aliphatic heterocycles. The zero-order chi connectivity index (χ0) is 15.3. The van der Waals surface area contributed by atoms with Gasteiger partial charge in [0.05, 0.1) is 5.56 Å². The third-order valence-electron chi connectivity index (χ3n) is 3.17. The first-order valence-electron chi connectivity index (χ1n) is 7.04. The van der Waals surface area contributed by atoms with Gasteiger partial charge in [0.15, 0.2) is 0 Å². The van der Waals surface area contributed by atoms with E-state index in [0.717, 1.165) is 24.2 Å². The van der Waals surface area contributed by atoms with Crippen LogP contribution in [0.3, 0.4) is 0 Å². The third-order valence-corrected chi connectivity index (χ3v) is 3.17. The molecule has 0 saturated carbocycles. The number of likely N-dealkylation sites (N-methyl/N-ethyl adjacent to an activating group) is 1. The highest BCUT2D eigenvalue weighted by molar-refractivity contribution is 5.88. The van der Waals surface area contributed by atoms with Crippen LogP contribution in [0.5, 0.6) is 0 Å². The van der Waals surface area contributed by atoms with Crippen LogP contribution >= 0.6 is 0 Å². The number of nitrogens with zero attached hydrogens (tertiary/aromatic N) is 1. The van der Waals surface area contributed by atoms with E-state index in [-0.39, 0.29) is 0 Å². The van der Waals surface area contributed by atoms with Crippen LogP contribution in [0.1, 0.15) is 36.2 Å². The van der Waals surface area contributed by atoms with Crippen LogP contribution in [-0.2, 0) is 0 Å². The summed E-state index contributed by atoms with van der Waals surface area (Å²) in [6.45, 7) is 7.32. The normalized spacial score (nSPS) is 12.8. The first kappa shape index (κ1) is 16.5. The number of benzene rings is 1. The van der Waals surface area contributed by atoms with E-state index < -0.39 is 5.97 Å². The van der Waals surface area contributed by atoms with E-state index in [9.17, 15) is 4.79 Å². The molecule has 20 heavy (non-hydrogen) atoms. The Labute approximate surface area is 121 Å². The van der Waals surface area contributed by atoms with E-state index in [4.69, 9.17) is 5.11 Å². The molecule has 0 amide bonds. The quantitative estimate of drug-likeness (QED) is 0.805. The minimum Gasteiger partial charge on any atom is -0.478 e. The molecular weight excluding hydrogens is 252 g/mol. The van der Waals surface area contributed by atoms with E-state index in [1.807, 2.05) is 13.0 Å². The molecule has 1 rings (SSSR count). The first-order chi connectivity index (χ1) is 9.29. The lowest BCUT2D eigenvalue weighted by atomic mass is 10.0. The molecule has 0 bridgehead atoms. The van der Waals surface area contributed by atoms with Crippen molar-refractivity contribution in [1.82, 2.24) is 4.90 Å². The Morgan fingerprint density at radius 3 is 2.45 bits per heavy atom. The van der Waals surface area contributed by atoms with Gasteiger partial charge in [0.1, 0.15) is 0 Å². The number of anilines is 1. The van der Waals surface area contributed by atoms with Crippen molar-refractivity contribution in [1.29, 1.82) is 0 Å². The van der Waals surface area contributed by atoms with Gasteiger partial charge in [-0.1, -0.05) is 13.8 Å². The lowest BCUT2D eigenvalue weighted by Gasteiger charge is -2.26. The van der Waals surface area contributed by atoms with E-state index in [0.29, 0.717) is 17.5 Å². The van der Waals surface area contributed by atoms with Gasteiger partial charge in [-0.05, 0) is 57.1 Å². The van der Waals surface area contributed by atoms with E-state index in [2.05, 4.69) is 38.2 Å². The fourth-order valence-electron chi connectivity index (χ4n) is 2.37. The molecule has 1 aromatic carbocycles. The summed E-state index contributed by atoms with van der Waals surface area (Å²) < 4.78 is 0. The van der Waals surface area contributed by atoms with Gasteiger partial charge in [0, 0.05) is 18.3 Å². The third kappa shape index (κ3) is 5.21. The van der Waals surface area contributed by atoms with Crippen molar-refractivity contribution in [2.75, 3.05) is 26.0 Å². The summed E-state index contributed by atoms with van der Waals surface area (Å²) in [5.74, 6) is -0.266. The van der Waals surface area contributed by atoms with Crippen LogP contribution < -0.4 is 5.32 Å². The highest BCUT2D eigenvalue weighted by atomic mass is 16.4. The molecule has 0 aromatic heterocycles. The molecule has 0 aliphatic rings. The minimum absolute atomic E-state index is 0.334. The van der Waals surface area contributed by atoms with Crippen LogP contribution in [0.2, 0.25) is 0 Å². The molecule has 0 heterocycles. The van der Waals surface area contributed by atoms with Crippen molar-refractivity contribution in [3.8, 4) is 0 Å². The number of nitrogens with one attached hydrogen (secondary N) is 1. The van der Waals surface area contributed by atoms with Crippen LogP contribution in [0, 0.1) is 12.8 Å². The van der Waals surface area contributed by atoms with Crippen LogP contribution in [0.15, 0.2) is 18.2 Å². The predicted octanol–water partition coefficient (Wildman–Crippen LogP) is 3.08. The van der Waals surface area contributed by atoms with Gasteiger partial charge in [0.2, 0.25) is 0 Å². The molecule has 1 aromatic rings. The largest absolute Gasteiger partial charge is 0.478 e. The van der Waals surface area contributed by atoms with Gasteiger partial charge in [-0.25, -0.2) is 4.79 Å². The molecule has 4 nitrogen and oxygen atoms in total. The summed E-state index contributed by atoms with van der Waals surface area (Å²) in [7, 11) is 4.13. The monoisotopic (exact) mass is 278 g/mol. The molecule has 1 unspecified atom stereocenters. The molecule has 0 radical (unpaired) electrons. The standard InChI is InChI=1S/C16H26N2O2/c1-11(2)8-14(10-18(4)5)17-15-7-6-13(16(19)20)9-12(15)3/h6-7,9,11,14,17H,8,10H2,1-5H3,(H,19,20). The number of aromatic carboxylic acids is 1. The Balaban J connectivity index is 2.84. The molecule has 112 valence electrons. The second-order valence-corrected chi connectivity index (χ2v) is 6.07. The van der Waals surface area contributed by atoms with E-state index in [1.165, 1.54) is 0 Å². The Hall–Kier alpha value is -1.55. The topological polar surface area (TPSA) is 52.6 Å². The predicted molar refractivity (Wildman–Crippen MR) is 83.6 cm³/mol. The molecule has 2 N–H and O–H groups in total. The molecule has 0 spiro atoms. The summed E-state index contributed by atoms with van der Waals surface area (Å²) in [4.78, 5) is 13.1. The van der Waals surface area contributed by atoms with Gasteiger partial charge in [-0.2, -0.15) is 0 Å².